The SMILES string of the molecule is Cc1ccc(C(O)=C2C(=O)C(=O)N(c3nnc(SCc4ccccc4)s3)[C@H]2c2cccc(Oc3ccccc3)c2)cc1F. The van der Waals surface area contributed by atoms with E-state index in [1.54, 1.807) is 43.3 Å². The molecule has 0 spiro atoms. The van der Waals surface area contributed by atoms with E-state index in [4.69, 9.17) is 4.74 Å². The zero-order valence-corrected chi connectivity index (χ0v) is 24.4. The minimum atomic E-state index is -1.07. The fourth-order valence-electron chi connectivity index (χ4n) is 4.69. The summed E-state index contributed by atoms with van der Waals surface area (Å²) < 4.78 is 21.1. The first-order valence-electron chi connectivity index (χ1n) is 13.3. The van der Waals surface area contributed by atoms with Crippen LogP contribution in [0.3, 0.4) is 0 Å². The predicted molar refractivity (Wildman–Crippen MR) is 165 cm³/mol. The van der Waals surface area contributed by atoms with Crippen LogP contribution in [0.4, 0.5) is 9.52 Å². The number of benzene rings is 4. The molecule has 1 saturated heterocycles. The van der Waals surface area contributed by atoms with Crippen LogP contribution >= 0.6 is 23.1 Å². The molecule has 214 valence electrons. The van der Waals surface area contributed by atoms with Crippen molar-refractivity contribution in [2.45, 2.75) is 23.1 Å². The number of nitrogens with zero attached hydrogens (tertiary/aromatic N) is 3. The summed E-state index contributed by atoms with van der Waals surface area (Å²) in [7, 11) is 0. The number of rotatable bonds is 8. The maximum atomic E-state index is 14.5. The summed E-state index contributed by atoms with van der Waals surface area (Å²) in [6.45, 7) is 1.60. The van der Waals surface area contributed by atoms with Gasteiger partial charge in [0, 0.05) is 11.3 Å². The number of carbonyl (C=O) groups is 2. The Kier molecular flexibility index (Phi) is 8.04. The van der Waals surface area contributed by atoms with Crippen molar-refractivity contribution >= 4 is 45.7 Å². The Hall–Kier alpha value is -4.80. The van der Waals surface area contributed by atoms with Crippen LogP contribution in [0.15, 0.2) is 113 Å². The quantitative estimate of drug-likeness (QED) is 0.0634. The lowest BCUT2D eigenvalue weighted by molar-refractivity contribution is -0.132. The number of ether oxygens (including phenoxy) is 1. The molecule has 0 aliphatic carbocycles. The van der Waals surface area contributed by atoms with Gasteiger partial charge < -0.3 is 9.84 Å². The van der Waals surface area contributed by atoms with E-state index in [9.17, 15) is 19.1 Å². The number of para-hydroxylation sites is 1. The van der Waals surface area contributed by atoms with Crippen molar-refractivity contribution in [3.05, 3.63) is 137 Å². The van der Waals surface area contributed by atoms with E-state index in [2.05, 4.69) is 10.2 Å². The monoisotopic (exact) mass is 609 g/mol. The highest BCUT2D eigenvalue weighted by Gasteiger charge is 2.48. The van der Waals surface area contributed by atoms with Gasteiger partial charge >= 0.3 is 5.91 Å². The van der Waals surface area contributed by atoms with Gasteiger partial charge in [-0.15, -0.1) is 10.2 Å². The molecule has 2 heterocycles. The van der Waals surface area contributed by atoms with Crippen molar-refractivity contribution < 1.29 is 23.8 Å². The minimum Gasteiger partial charge on any atom is -0.507 e. The Labute approximate surface area is 255 Å². The average Bonchev–Trinajstić information content (AvgIpc) is 3.60. The van der Waals surface area contributed by atoms with Crippen LogP contribution in [-0.4, -0.2) is 27.0 Å². The largest absolute Gasteiger partial charge is 0.507 e. The van der Waals surface area contributed by atoms with Gasteiger partial charge in [0.2, 0.25) is 5.13 Å². The highest BCUT2D eigenvalue weighted by molar-refractivity contribution is 8.00. The summed E-state index contributed by atoms with van der Waals surface area (Å²) >= 11 is 2.63. The third kappa shape index (κ3) is 5.93. The number of aliphatic hydroxyl groups is 1. The van der Waals surface area contributed by atoms with E-state index in [0.717, 1.165) is 11.6 Å². The third-order valence-electron chi connectivity index (χ3n) is 6.85. The molecule has 0 radical (unpaired) electrons. The van der Waals surface area contributed by atoms with E-state index >= 15 is 0 Å². The van der Waals surface area contributed by atoms with Gasteiger partial charge in [0.15, 0.2) is 4.34 Å². The molecule has 0 unspecified atom stereocenters. The molecule has 7 nitrogen and oxygen atoms in total. The Bertz CT molecular complexity index is 1840. The number of thioether (sulfide) groups is 1. The number of aryl methyl sites for hydroxylation is 1. The van der Waals surface area contributed by atoms with Crippen LogP contribution in [0.1, 0.15) is 28.3 Å². The van der Waals surface area contributed by atoms with Gasteiger partial charge in [0.1, 0.15) is 23.1 Å². The van der Waals surface area contributed by atoms with Crippen molar-refractivity contribution in [1.29, 1.82) is 0 Å². The molecule has 1 fully saturated rings. The maximum absolute atomic E-state index is 14.5. The van der Waals surface area contributed by atoms with Gasteiger partial charge in [-0.2, -0.15) is 0 Å². The summed E-state index contributed by atoms with van der Waals surface area (Å²) in [5, 5.41) is 20.1. The summed E-state index contributed by atoms with van der Waals surface area (Å²) in [4.78, 5) is 28.4. The van der Waals surface area contributed by atoms with Gasteiger partial charge in [-0.25, -0.2) is 4.39 Å². The summed E-state index contributed by atoms with van der Waals surface area (Å²) in [5.74, 6) is -1.09. The third-order valence-corrected chi connectivity index (χ3v) is 8.98. The molecular formula is C33H24FN3O4S2. The molecule has 1 atom stereocenters. The maximum Gasteiger partial charge on any atom is 0.301 e. The zero-order valence-electron chi connectivity index (χ0n) is 22.8. The van der Waals surface area contributed by atoms with Crippen LogP contribution in [0.5, 0.6) is 11.5 Å². The summed E-state index contributed by atoms with van der Waals surface area (Å²) in [6.07, 6.45) is 0. The first-order valence-corrected chi connectivity index (χ1v) is 15.1. The van der Waals surface area contributed by atoms with Crippen LogP contribution in [0.25, 0.3) is 5.76 Å². The smallest absolute Gasteiger partial charge is 0.301 e. The van der Waals surface area contributed by atoms with Crippen LogP contribution in [0, 0.1) is 12.7 Å². The van der Waals surface area contributed by atoms with E-state index < -0.39 is 29.3 Å². The van der Waals surface area contributed by atoms with Gasteiger partial charge in [0.05, 0.1) is 11.6 Å². The van der Waals surface area contributed by atoms with Crippen molar-refractivity contribution in [3.63, 3.8) is 0 Å². The molecule has 10 heteroatoms. The first kappa shape index (κ1) is 28.3. The Balaban J connectivity index is 1.42. The number of aromatic nitrogens is 2. The van der Waals surface area contributed by atoms with E-state index in [1.165, 1.54) is 40.1 Å². The van der Waals surface area contributed by atoms with Gasteiger partial charge in [-0.1, -0.05) is 95.9 Å². The Morgan fingerprint density at radius 3 is 2.40 bits per heavy atom. The Morgan fingerprint density at radius 1 is 0.930 bits per heavy atom. The van der Waals surface area contributed by atoms with Gasteiger partial charge in [0.25, 0.3) is 5.78 Å². The number of aliphatic hydroxyl groups excluding tert-OH is 1. The zero-order chi connectivity index (χ0) is 29.9. The molecule has 5 aromatic rings. The van der Waals surface area contributed by atoms with Gasteiger partial charge in [-0.3, -0.25) is 14.5 Å². The molecule has 1 aromatic heterocycles. The highest BCUT2D eigenvalue weighted by atomic mass is 32.2. The van der Waals surface area contributed by atoms with Crippen molar-refractivity contribution in [1.82, 2.24) is 10.2 Å². The first-order chi connectivity index (χ1) is 20.9. The fourth-order valence-corrected chi connectivity index (χ4v) is 6.51. The number of halogens is 1. The van der Waals surface area contributed by atoms with E-state index in [1.807, 2.05) is 48.5 Å². The molecule has 1 amide bonds. The Morgan fingerprint density at radius 2 is 1.65 bits per heavy atom. The molecule has 0 bridgehead atoms. The number of anilines is 1. The standard InChI is InChI=1S/C33H24FN3O4S2/c1-20-15-16-23(18-26(20)34)29(38)27-28(22-11-8-14-25(17-22)41-24-12-6-3-7-13-24)37(31(40)30(27)39)32-35-36-33(43-32)42-19-21-9-4-2-5-10-21/h2-18,28,38H,19H2,1H3/t28-/m0/s1. The average molecular weight is 610 g/mol. The molecule has 0 saturated carbocycles. The summed E-state index contributed by atoms with van der Waals surface area (Å²) in [6, 6.07) is 29.1. The number of amides is 1. The van der Waals surface area contributed by atoms with Gasteiger partial charge in [-0.05, 0) is 53.9 Å². The number of hydrogen-bond acceptors (Lipinski definition) is 8. The predicted octanol–water partition coefficient (Wildman–Crippen LogP) is 7.70. The number of hydrogen-bond donors (Lipinski definition) is 1. The molecule has 6 rings (SSSR count). The summed E-state index contributed by atoms with van der Waals surface area (Å²) in [5.41, 5.74) is 1.88. The van der Waals surface area contributed by atoms with Crippen molar-refractivity contribution in [2.75, 3.05) is 4.90 Å². The lowest BCUT2D eigenvalue weighted by Crippen LogP contribution is -2.29. The van der Waals surface area contributed by atoms with Crippen molar-refractivity contribution in [2.24, 2.45) is 0 Å². The second-order valence-electron chi connectivity index (χ2n) is 9.75. The van der Waals surface area contributed by atoms with Crippen LogP contribution in [0.2, 0.25) is 0 Å². The minimum absolute atomic E-state index is 0.0826. The topological polar surface area (TPSA) is 92.6 Å². The molecule has 1 N–H and O–H groups in total. The normalized spacial score (nSPS) is 16.0. The molecule has 4 aromatic carbocycles. The number of Topliss-reactive ketones (excluding diaryl/α,β-unsaturated/α-hetero) is 1. The molecule has 1 aliphatic rings. The van der Waals surface area contributed by atoms with E-state index in [-0.39, 0.29) is 16.3 Å². The van der Waals surface area contributed by atoms with E-state index in [0.29, 0.717) is 32.7 Å². The van der Waals surface area contributed by atoms with Crippen LogP contribution < -0.4 is 9.64 Å². The lowest BCUT2D eigenvalue weighted by Gasteiger charge is -2.23. The fraction of sp³-hybridized carbons (Fsp3) is 0.0909. The lowest BCUT2D eigenvalue weighted by atomic mass is 9.95. The molecular weight excluding hydrogens is 586 g/mol. The molecule has 43 heavy (non-hydrogen) atoms. The second kappa shape index (κ2) is 12.2. The van der Waals surface area contributed by atoms with Crippen LogP contribution in [-0.2, 0) is 15.3 Å². The number of ketones is 1. The highest BCUT2D eigenvalue weighted by Crippen LogP contribution is 2.45. The number of carbonyl (C=O) groups excluding carboxylic acids is 2. The second-order valence-corrected chi connectivity index (χ2v) is 11.9. The molecule has 1 aliphatic heterocycles. The van der Waals surface area contributed by atoms with Crippen molar-refractivity contribution in [3.8, 4) is 11.5 Å².